The van der Waals surface area contributed by atoms with Crippen LogP contribution in [-0.4, -0.2) is 9.97 Å². The highest BCUT2D eigenvalue weighted by molar-refractivity contribution is 9.10. The second kappa shape index (κ2) is 2.71. The van der Waals surface area contributed by atoms with Crippen molar-refractivity contribution in [3.05, 3.63) is 22.1 Å². The number of nitrogens with zero attached hydrogens (tertiary/aromatic N) is 2. The van der Waals surface area contributed by atoms with Crippen molar-refractivity contribution >= 4 is 38.6 Å². The Kier molecular flexibility index (Phi) is 1.81. The van der Waals surface area contributed by atoms with Gasteiger partial charge in [0.25, 0.3) is 0 Å². The van der Waals surface area contributed by atoms with Crippen molar-refractivity contribution in [3.63, 3.8) is 0 Å². The number of aromatic nitrogens is 3. The first-order valence-electron chi connectivity index (χ1n) is 3.37. The molecule has 1 N–H and O–H groups in total. The molecule has 0 saturated carbocycles. The van der Waals surface area contributed by atoms with Crippen molar-refractivity contribution in [3.8, 4) is 0 Å². The molecular formula is C7H6BrClN3+. The number of hydrogen-bond donors (Lipinski definition) is 1. The molecule has 0 saturated heterocycles. The quantitative estimate of drug-likeness (QED) is 0.559. The zero-order valence-electron chi connectivity index (χ0n) is 6.31. The predicted octanol–water partition coefficient (Wildman–Crippen LogP) is 1.80. The molecule has 62 valence electrons. The van der Waals surface area contributed by atoms with Crippen LogP contribution in [0.5, 0.6) is 0 Å². The summed E-state index contributed by atoms with van der Waals surface area (Å²) in [5.41, 5.74) is 1.88. The lowest BCUT2D eigenvalue weighted by atomic mass is 10.4. The molecule has 0 bridgehead atoms. The minimum absolute atomic E-state index is 0.494. The monoisotopic (exact) mass is 246 g/mol. The van der Waals surface area contributed by atoms with Gasteiger partial charge in [-0.1, -0.05) is 11.6 Å². The molecule has 0 aliphatic heterocycles. The molecule has 12 heavy (non-hydrogen) atoms. The van der Waals surface area contributed by atoms with Crippen LogP contribution in [-0.2, 0) is 7.05 Å². The van der Waals surface area contributed by atoms with Crippen molar-refractivity contribution in [2.45, 2.75) is 0 Å². The molecule has 0 aliphatic carbocycles. The van der Waals surface area contributed by atoms with E-state index in [1.165, 1.54) is 0 Å². The summed E-state index contributed by atoms with van der Waals surface area (Å²) in [5, 5.41) is 0.494. The number of nitrogens with one attached hydrogen (secondary N) is 1. The largest absolute Gasteiger partial charge is 0.242 e. The van der Waals surface area contributed by atoms with Gasteiger partial charge < -0.3 is 0 Å². The molecule has 0 spiro atoms. The van der Waals surface area contributed by atoms with E-state index in [0.29, 0.717) is 5.15 Å². The topological polar surface area (TPSA) is 32.6 Å². The van der Waals surface area contributed by atoms with Gasteiger partial charge in [0.05, 0.1) is 11.5 Å². The van der Waals surface area contributed by atoms with Gasteiger partial charge in [0.1, 0.15) is 0 Å². The average molecular weight is 248 g/mol. The number of hydrogen-bond acceptors (Lipinski definition) is 1. The van der Waals surface area contributed by atoms with Crippen molar-refractivity contribution in [2.24, 2.45) is 7.05 Å². The number of H-pyrrole nitrogens is 1. The number of pyridine rings is 1. The molecule has 0 atom stereocenters. The van der Waals surface area contributed by atoms with E-state index < -0.39 is 0 Å². The second-order valence-corrected chi connectivity index (χ2v) is 3.72. The molecule has 2 aromatic rings. The lowest BCUT2D eigenvalue weighted by Crippen LogP contribution is -2.25. The van der Waals surface area contributed by atoms with Crippen LogP contribution in [0.3, 0.4) is 0 Å². The fraction of sp³-hybridized carbons (Fsp3) is 0.143. The van der Waals surface area contributed by atoms with Crippen LogP contribution in [0.25, 0.3) is 11.0 Å². The number of imidazole rings is 1. The van der Waals surface area contributed by atoms with Crippen LogP contribution in [0.4, 0.5) is 0 Å². The first kappa shape index (κ1) is 8.01. The highest BCUT2D eigenvalue weighted by Crippen LogP contribution is 2.23. The van der Waals surface area contributed by atoms with Crippen molar-refractivity contribution in [2.75, 3.05) is 0 Å². The smallest absolute Gasteiger partial charge is 0.241 e. The van der Waals surface area contributed by atoms with E-state index in [1.807, 2.05) is 17.9 Å². The molecule has 0 radical (unpaired) electrons. The Balaban J connectivity index is 2.98. The number of aromatic amines is 1. The maximum atomic E-state index is 5.87. The fourth-order valence-corrected chi connectivity index (χ4v) is 1.93. The van der Waals surface area contributed by atoms with Gasteiger partial charge in [-0.15, -0.1) is 0 Å². The third kappa shape index (κ3) is 1.03. The zero-order chi connectivity index (χ0) is 8.72. The lowest BCUT2D eigenvalue weighted by molar-refractivity contribution is -0.645. The third-order valence-electron chi connectivity index (χ3n) is 1.72. The normalized spacial score (nSPS) is 10.9. The van der Waals surface area contributed by atoms with Gasteiger partial charge >= 0.3 is 0 Å². The molecule has 2 rings (SSSR count). The molecule has 5 heteroatoms. The fourth-order valence-electron chi connectivity index (χ4n) is 1.15. The third-order valence-corrected chi connectivity index (χ3v) is 2.58. The van der Waals surface area contributed by atoms with Gasteiger partial charge in [-0.05, 0) is 15.9 Å². The van der Waals surface area contributed by atoms with Crippen LogP contribution in [0, 0.1) is 0 Å². The van der Waals surface area contributed by atoms with E-state index in [4.69, 9.17) is 11.6 Å². The average Bonchev–Trinajstić information content (AvgIpc) is 2.42. The first-order valence-corrected chi connectivity index (χ1v) is 4.54. The van der Waals surface area contributed by atoms with Crippen LogP contribution >= 0.6 is 27.5 Å². The number of rotatable bonds is 0. The maximum absolute atomic E-state index is 5.87. The van der Waals surface area contributed by atoms with E-state index in [2.05, 4.69) is 25.9 Å². The lowest BCUT2D eigenvalue weighted by Gasteiger charge is -1.91. The van der Waals surface area contributed by atoms with Gasteiger partial charge in [-0.3, -0.25) is 0 Å². The minimum Gasteiger partial charge on any atom is -0.241 e. The Labute approximate surface area is 82.5 Å². The maximum Gasteiger partial charge on any atom is 0.242 e. The van der Waals surface area contributed by atoms with Crippen molar-refractivity contribution in [1.82, 2.24) is 9.97 Å². The molecule has 0 aromatic carbocycles. The summed E-state index contributed by atoms with van der Waals surface area (Å²) in [6, 6.07) is 0. The van der Waals surface area contributed by atoms with Crippen molar-refractivity contribution < 1.29 is 4.57 Å². The van der Waals surface area contributed by atoms with E-state index in [-0.39, 0.29) is 0 Å². The summed E-state index contributed by atoms with van der Waals surface area (Å²) in [6.45, 7) is 0. The Morgan fingerprint density at radius 2 is 2.42 bits per heavy atom. The van der Waals surface area contributed by atoms with Crippen LogP contribution < -0.4 is 4.57 Å². The van der Waals surface area contributed by atoms with E-state index in [1.54, 1.807) is 6.20 Å². The Bertz CT molecular complexity index is 437. The number of fused-ring (bicyclic) bond motifs is 1. The Hall–Kier alpha value is -0.610. The Morgan fingerprint density at radius 3 is 3.08 bits per heavy atom. The van der Waals surface area contributed by atoms with Gasteiger partial charge in [0.2, 0.25) is 11.8 Å². The van der Waals surface area contributed by atoms with Gasteiger partial charge in [0.15, 0.2) is 10.7 Å². The minimum atomic E-state index is 0.494. The van der Waals surface area contributed by atoms with E-state index in [0.717, 1.165) is 15.5 Å². The Morgan fingerprint density at radius 1 is 1.67 bits per heavy atom. The van der Waals surface area contributed by atoms with Gasteiger partial charge in [-0.2, -0.15) is 0 Å². The predicted molar refractivity (Wildman–Crippen MR) is 50.0 cm³/mol. The van der Waals surface area contributed by atoms with E-state index in [9.17, 15) is 0 Å². The second-order valence-electron chi connectivity index (χ2n) is 2.50. The first-order chi connectivity index (χ1) is 5.70. The zero-order valence-corrected chi connectivity index (χ0v) is 8.65. The number of aryl methyl sites for hydroxylation is 1. The van der Waals surface area contributed by atoms with Gasteiger partial charge in [0, 0.05) is 6.20 Å². The van der Waals surface area contributed by atoms with Crippen LogP contribution in [0.2, 0.25) is 5.15 Å². The molecular weight excluding hydrogens is 241 g/mol. The standard InChI is InChI=1S/C7H5BrClN3/c1-12-3-11-5-6(12)4(8)2-10-7(5)9/h2-3H,1H3/p+1. The van der Waals surface area contributed by atoms with E-state index >= 15 is 0 Å². The molecule has 2 heterocycles. The van der Waals surface area contributed by atoms with Gasteiger partial charge in [-0.25, -0.2) is 14.5 Å². The van der Waals surface area contributed by atoms with Crippen LogP contribution in [0.15, 0.2) is 17.0 Å². The highest BCUT2D eigenvalue weighted by Gasteiger charge is 2.14. The summed E-state index contributed by atoms with van der Waals surface area (Å²) >= 11 is 9.26. The molecule has 0 aliphatic rings. The SMILES string of the molecule is C[n+]1c[nH]c2c(Cl)ncc(Br)c21. The summed E-state index contributed by atoms with van der Waals surface area (Å²) in [7, 11) is 1.94. The molecule has 0 fully saturated rings. The van der Waals surface area contributed by atoms with Crippen LogP contribution in [0.1, 0.15) is 0 Å². The molecule has 3 nitrogen and oxygen atoms in total. The molecule has 2 aromatic heterocycles. The summed E-state index contributed by atoms with van der Waals surface area (Å²) in [5.74, 6) is 0. The molecule has 0 amide bonds. The van der Waals surface area contributed by atoms with Crippen molar-refractivity contribution in [1.29, 1.82) is 0 Å². The summed E-state index contributed by atoms with van der Waals surface area (Å²) in [4.78, 5) is 7.03. The highest BCUT2D eigenvalue weighted by atomic mass is 79.9. The number of halogens is 2. The molecule has 0 unspecified atom stereocenters. The summed E-state index contributed by atoms with van der Waals surface area (Å²) < 4.78 is 2.89. The summed E-state index contributed by atoms with van der Waals surface area (Å²) in [6.07, 6.45) is 3.53.